The third-order valence-electron chi connectivity index (χ3n) is 4.36. The largest absolute Gasteiger partial charge is 0.573 e. The van der Waals surface area contributed by atoms with Gasteiger partial charge in [0.05, 0.1) is 5.52 Å². The number of halogens is 3. The van der Waals surface area contributed by atoms with Gasteiger partial charge in [0.15, 0.2) is 5.82 Å². The molecule has 0 saturated carbocycles. The number of aromatic nitrogens is 2. The monoisotopic (exact) mass is 427 g/mol. The summed E-state index contributed by atoms with van der Waals surface area (Å²) in [6.45, 7) is 0.415. The van der Waals surface area contributed by atoms with Crippen LogP contribution in [0, 0.1) is 0 Å². The Morgan fingerprint density at radius 1 is 0.968 bits per heavy atom. The number of alkyl halides is 3. The van der Waals surface area contributed by atoms with Crippen LogP contribution in [0.15, 0.2) is 72.8 Å². The lowest BCUT2D eigenvalue weighted by molar-refractivity contribution is -0.274. The van der Waals surface area contributed by atoms with E-state index < -0.39 is 18.0 Å². The number of aromatic amines is 1. The van der Waals surface area contributed by atoms with Gasteiger partial charge in [-0.2, -0.15) is 5.10 Å². The number of rotatable bonds is 6. The summed E-state index contributed by atoms with van der Waals surface area (Å²) in [6.07, 6.45) is -4.79. The minimum atomic E-state index is -4.79. The second kappa shape index (κ2) is 8.39. The summed E-state index contributed by atoms with van der Waals surface area (Å²) in [5.74, 6) is 0.0111. The topological polar surface area (TPSA) is 76.2 Å². The van der Waals surface area contributed by atoms with E-state index in [4.69, 9.17) is 4.74 Å². The van der Waals surface area contributed by atoms with Gasteiger partial charge in [0.25, 0.3) is 5.91 Å². The quantitative estimate of drug-likeness (QED) is 0.438. The third-order valence-corrected chi connectivity index (χ3v) is 4.36. The van der Waals surface area contributed by atoms with Crippen LogP contribution in [-0.2, 0) is 6.61 Å². The molecule has 1 amide bonds. The van der Waals surface area contributed by atoms with Gasteiger partial charge in [-0.3, -0.25) is 9.89 Å². The minimum absolute atomic E-state index is 0.161. The van der Waals surface area contributed by atoms with Gasteiger partial charge in [0, 0.05) is 17.0 Å². The summed E-state index contributed by atoms with van der Waals surface area (Å²) >= 11 is 0. The first kappa shape index (κ1) is 20.3. The maximum atomic E-state index is 12.4. The van der Waals surface area contributed by atoms with Crippen molar-refractivity contribution < 1.29 is 27.4 Å². The van der Waals surface area contributed by atoms with Gasteiger partial charge in [-0.15, -0.1) is 13.2 Å². The molecular formula is C22H16F3N3O3. The molecule has 0 unspecified atom stereocenters. The predicted octanol–water partition coefficient (Wildman–Crippen LogP) is 5.29. The van der Waals surface area contributed by atoms with Gasteiger partial charge < -0.3 is 14.8 Å². The summed E-state index contributed by atoms with van der Waals surface area (Å²) in [5, 5.41) is 10.2. The fourth-order valence-electron chi connectivity index (χ4n) is 2.91. The van der Waals surface area contributed by atoms with E-state index in [1.807, 2.05) is 30.3 Å². The molecule has 0 aliphatic rings. The first-order valence-electron chi connectivity index (χ1n) is 9.19. The molecule has 0 spiro atoms. The molecule has 0 saturated heterocycles. The van der Waals surface area contributed by atoms with Crippen molar-refractivity contribution in [2.45, 2.75) is 13.0 Å². The number of carbonyl (C=O) groups is 1. The lowest BCUT2D eigenvalue weighted by atomic mass is 10.2. The normalized spacial score (nSPS) is 11.3. The fraction of sp³-hybridized carbons (Fsp3) is 0.0909. The van der Waals surface area contributed by atoms with Crippen molar-refractivity contribution >= 4 is 22.6 Å². The minimum Gasteiger partial charge on any atom is -0.489 e. The fourth-order valence-corrected chi connectivity index (χ4v) is 2.91. The van der Waals surface area contributed by atoms with Crippen LogP contribution >= 0.6 is 0 Å². The third kappa shape index (κ3) is 5.13. The van der Waals surface area contributed by atoms with Crippen molar-refractivity contribution in [3.05, 3.63) is 83.9 Å². The zero-order chi connectivity index (χ0) is 21.8. The SMILES string of the molecule is O=C(Nc1n[nH]c2cc(OCc3ccccc3)ccc12)c1ccc(OC(F)(F)F)cc1. The first-order chi connectivity index (χ1) is 14.9. The van der Waals surface area contributed by atoms with Crippen molar-refractivity contribution in [1.82, 2.24) is 10.2 Å². The van der Waals surface area contributed by atoms with Crippen molar-refractivity contribution in [3.63, 3.8) is 0 Å². The Hall–Kier alpha value is -4.01. The summed E-state index contributed by atoms with van der Waals surface area (Å²) in [7, 11) is 0. The highest BCUT2D eigenvalue weighted by Crippen LogP contribution is 2.26. The summed E-state index contributed by atoms with van der Waals surface area (Å²) in [5.41, 5.74) is 1.86. The highest BCUT2D eigenvalue weighted by Gasteiger charge is 2.31. The molecule has 4 rings (SSSR count). The number of carbonyl (C=O) groups excluding carboxylic acids is 1. The number of amides is 1. The number of hydrogen-bond acceptors (Lipinski definition) is 4. The summed E-state index contributed by atoms with van der Waals surface area (Å²) < 4.78 is 46.3. The maximum Gasteiger partial charge on any atom is 0.573 e. The number of H-pyrrole nitrogens is 1. The molecule has 9 heteroatoms. The molecule has 31 heavy (non-hydrogen) atoms. The van der Waals surface area contributed by atoms with Gasteiger partial charge in [0.1, 0.15) is 18.1 Å². The standard InChI is InChI=1S/C22H16F3N3O3/c23-22(24,25)31-16-8-6-15(7-9-16)21(29)26-20-18-11-10-17(12-19(18)27-28-20)30-13-14-4-2-1-3-5-14/h1-12H,13H2,(H2,26,27,28,29). The number of nitrogens with zero attached hydrogens (tertiary/aromatic N) is 1. The lowest BCUT2D eigenvalue weighted by Gasteiger charge is -2.09. The average molecular weight is 427 g/mol. The van der Waals surface area contributed by atoms with Gasteiger partial charge >= 0.3 is 6.36 Å². The smallest absolute Gasteiger partial charge is 0.489 e. The van der Waals surface area contributed by atoms with E-state index in [0.29, 0.717) is 29.1 Å². The van der Waals surface area contributed by atoms with E-state index >= 15 is 0 Å². The van der Waals surface area contributed by atoms with Crippen LogP contribution in [0.3, 0.4) is 0 Å². The molecule has 1 heterocycles. The van der Waals surface area contributed by atoms with E-state index in [-0.39, 0.29) is 5.56 Å². The predicted molar refractivity (Wildman–Crippen MR) is 108 cm³/mol. The van der Waals surface area contributed by atoms with E-state index in [1.165, 1.54) is 12.1 Å². The highest BCUT2D eigenvalue weighted by molar-refractivity contribution is 6.07. The lowest BCUT2D eigenvalue weighted by Crippen LogP contribution is -2.17. The molecule has 6 nitrogen and oxygen atoms in total. The van der Waals surface area contributed by atoms with Crippen LogP contribution in [0.25, 0.3) is 10.9 Å². The van der Waals surface area contributed by atoms with E-state index in [2.05, 4.69) is 20.3 Å². The molecule has 158 valence electrons. The molecule has 1 aromatic heterocycles. The average Bonchev–Trinajstić information content (AvgIpc) is 3.14. The molecule has 0 radical (unpaired) electrons. The van der Waals surface area contributed by atoms with Gasteiger partial charge in [0.2, 0.25) is 0 Å². The van der Waals surface area contributed by atoms with Crippen LogP contribution in [0.2, 0.25) is 0 Å². The first-order valence-corrected chi connectivity index (χ1v) is 9.19. The number of fused-ring (bicyclic) bond motifs is 1. The molecule has 0 aliphatic heterocycles. The van der Waals surface area contributed by atoms with Crippen molar-refractivity contribution in [1.29, 1.82) is 0 Å². The van der Waals surface area contributed by atoms with Crippen molar-refractivity contribution in [2.24, 2.45) is 0 Å². The molecule has 0 aliphatic carbocycles. The van der Waals surface area contributed by atoms with E-state index in [9.17, 15) is 18.0 Å². The van der Waals surface area contributed by atoms with Gasteiger partial charge in [-0.05, 0) is 42.0 Å². The number of hydrogen-bond donors (Lipinski definition) is 2. The maximum absolute atomic E-state index is 12.4. The van der Waals surface area contributed by atoms with Gasteiger partial charge in [-0.25, -0.2) is 0 Å². The molecule has 0 atom stereocenters. The summed E-state index contributed by atoms with van der Waals surface area (Å²) in [4.78, 5) is 12.4. The zero-order valence-electron chi connectivity index (χ0n) is 15.9. The molecule has 0 bridgehead atoms. The zero-order valence-corrected chi connectivity index (χ0v) is 15.9. The second-order valence-electron chi connectivity index (χ2n) is 6.58. The number of benzene rings is 3. The van der Waals surface area contributed by atoms with E-state index in [0.717, 1.165) is 17.7 Å². The summed E-state index contributed by atoms with van der Waals surface area (Å²) in [6, 6.07) is 19.6. The Morgan fingerprint density at radius 2 is 1.68 bits per heavy atom. The Labute approximate surface area is 174 Å². The Morgan fingerprint density at radius 3 is 2.39 bits per heavy atom. The van der Waals surface area contributed by atoms with Crippen LogP contribution in [0.4, 0.5) is 19.0 Å². The van der Waals surface area contributed by atoms with Gasteiger partial charge in [-0.1, -0.05) is 30.3 Å². The molecule has 2 N–H and O–H groups in total. The van der Waals surface area contributed by atoms with E-state index in [1.54, 1.807) is 18.2 Å². The van der Waals surface area contributed by atoms with Crippen LogP contribution < -0.4 is 14.8 Å². The molecule has 4 aromatic rings. The second-order valence-corrected chi connectivity index (χ2v) is 6.58. The Bertz CT molecular complexity index is 1190. The van der Waals surface area contributed by atoms with Crippen LogP contribution in [-0.4, -0.2) is 22.5 Å². The number of ether oxygens (including phenoxy) is 2. The Kier molecular flexibility index (Phi) is 5.48. The van der Waals surface area contributed by atoms with Crippen molar-refractivity contribution in [3.8, 4) is 11.5 Å². The molecule has 3 aromatic carbocycles. The Balaban J connectivity index is 1.43. The number of anilines is 1. The molecular weight excluding hydrogens is 411 g/mol. The number of nitrogens with one attached hydrogen (secondary N) is 2. The highest BCUT2D eigenvalue weighted by atomic mass is 19.4. The van der Waals surface area contributed by atoms with Crippen molar-refractivity contribution in [2.75, 3.05) is 5.32 Å². The van der Waals surface area contributed by atoms with Crippen LogP contribution in [0.1, 0.15) is 15.9 Å². The van der Waals surface area contributed by atoms with Crippen LogP contribution in [0.5, 0.6) is 11.5 Å². The molecule has 0 fully saturated rings.